The van der Waals surface area contributed by atoms with Gasteiger partial charge in [0, 0.05) is 27.9 Å². The van der Waals surface area contributed by atoms with E-state index in [9.17, 15) is 9.59 Å². The van der Waals surface area contributed by atoms with Crippen LogP contribution in [0.3, 0.4) is 0 Å². The topological polar surface area (TPSA) is 75.4 Å². The average Bonchev–Trinajstić information content (AvgIpc) is 2.94. The molecule has 35 heavy (non-hydrogen) atoms. The lowest BCUT2D eigenvalue weighted by Crippen LogP contribution is -2.47. The smallest absolute Gasteiger partial charge is 0.223 e. The zero-order valence-corrected chi connectivity index (χ0v) is 24.3. The molecule has 0 spiro atoms. The van der Waals surface area contributed by atoms with Crippen molar-refractivity contribution in [2.75, 3.05) is 13.6 Å². The predicted octanol–water partition coefficient (Wildman–Crippen LogP) is 6.26. The van der Waals surface area contributed by atoms with Crippen LogP contribution < -0.4 is 11.1 Å². The monoisotopic (exact) mass is 523 g/mol. The van der Waals surface area contributed by atoms with E-state index in [0.29, 0.717) is 17.9 Å². The molecular formula is C28H46ClN3O2S. The van der Waals surface area contributed by atoms with Crippen molar-refractivity contribution < 1.29 is 9.59 Å². The number of amides is 1. The lowest BCUT2D eigenvalue weighted by molar-refractivity contribution is -0.130. The normalized spacial score (nSPS) is 28.6. The van der Waals surface area contributed by atoms with Gasteiger partial charge in [-0.15, -0.1) is 0 Å². The minimum atomic E-state index is -0.478. The quantitative estimate of drug-likeness (QED) is 0.311. The number of aldehydes is 1. The minimum Gasteiger partial charge on any atom is -0.369 e. The summed E-state index contributed by atoms with van der Waals surface area (Å²) < 4.78 is 2.05. The van der Waals surface area contributed by atoms with Crippen LogP contribution in [-0.4, -0.2) is 41.7 Å². The first-order valence-corrected chi connectivity index (χ1v) is 14.2. The lowest BCUT2D eigenvalue weighted by Gasteiger charge is -2.42. The number of hydrogen-bond acceptors (Lipinski definition) is 5. The SMILES string of the molecule is CCC1CCC2CC(CC(C)(C(N)=O)C2)C1NC.CCN(Sc1cccc(Cl)c1C)C(C)(C)C=O. The van der Waals surface area contributed by atoms with E-state index in [1.807, 2.05) is 45.9 Å². The summed E-state index contributed by atoms with van der Waals surface area (Å²) in [6.45, 7) is 13.0. The molecule has 2 aliphatic carbocycles. The molecule has 5 nitrogen and oxygen atoms in total. The zero-order chi connectivity index (χ0) is 26.4. The van der Waals surface area contributed by atoms with Gasteiger partial charge in [-0.2, -0.15) is 0 Å². The summed E-state index contributed by atoms with van der Waals surface area (Å²) in [5.41, 5.74) is 5.95. The van der Waals surface area contributed by atoms with Gasteiger partial charge in [-0.3, -0.25) is 4.79 Å². The maximum atomic E-state index is 11.8. The van der Waals surface area contributed by atoms with Crippen molar-refractivity contribution in [1.82, 2.24) is 9.62 Å². The van der Waals surface area contributed by atoms with Crippen LogP contribution in [-0.2, 0) is 9.59 Å². The van der Waals surface area contributed by atoms with E-state index in [-0.39, 0.29) is 11.3 Å². The molecule has 0 heterocycles. The third-order valence-corrected chi connectivity index (χ3v) is 10.1. The van der Waals surface area contributed by atoms with Crippen LogP contribution in [0.5, 0.6) is 0 Å². The fraction of sp³-hybridized carbons (Fsp3) is 0.714. The first-order chi connectivity index (χ1) is 16.4. The third kappa shape index (κ3) is 7.47. The lowest BCUT2D eigenvalue weighted by atomic mass is 9.64. The van der Waals surface area contributed by atoms with Gasteiger partial charge in [-0.1, -0.05) is 51.3 Å². The summed E-state index contributed by atoms with van der Waals surface area (Å²) in [6, 6.07) is 6.40. The van der Waals surface area contributed by atoms with E-state index in [0.717, 1.165) is 47.1 Å². The van der Waals surface area contributed by atoms with Crippen LogP contribution in [0.1, 0.15) is 78.7 Å². The minimum absolute atomic E-state index is 0.0954. The molecule has 0 radical (unpaired) electrons. The molecule has 2 fully saturated rings. The molecule has 3 rings (SSSR count). The second-order valence-corrected chi connectivity index (χ2v) is 12.6. The standard InChI is InChI=1S/C15H28N2O.C13H18ClNOS/c1-4-11-6-5-10-7-12(13(11)17-3)9-15(2,8-10)14(16)18;1-5-15(13(3,4)9-16)17-12-8-6-7-11(14)10(12)2/h10-13,17H,4-9H2,1-3H3,(H2,16,18);6-9H,5H2,1-4H3. The number of likely N-dealkylation sites (N-methyl/N-ethyl adjacent to an activating group) is 1. The van der Waals surface area contributed by atoms with Gasteiger partial charge in [0.25, 0.3) is 0 Å². The number of nitrogens with zero attached hydrogens (tertiary/aromatic N) is 1. The summed E-state index contributed by atoms with van der Waals surface area (Å²) in [5, 5.41) is 4.28. The molecular weight excluding hydrogens is 478 g/mol. The van der Waals surface area contributed by atoms with E-state index in [1.54, 1.807) is 11.9 Å². The Hall–Kier alpha value is -1.08. The number of nitrogens with two attached hydrogens (primary N) is 1. The fourth-order valence-electron chi connectivity index (χ4n) is 5.99. The number of carbonyl (C=O) groups is 2. The van der Waals surface area contributed by atoms with Crippen LogP contribution >= 0.6 is 23.5 Å². The highest BCUT2D eigenvalue weighted by Gasteiger charge is 2.46. The molecule has 1 amide bonds. The molecule has 5 atom stereocenters. The Labute approximate surface area is 222 Å². The van der Waals surface area contributed by atoms with Crippen LogP contribution in [0.4, 0.5) is 0 Å². The van der Waals surface area contributed by atoms with Crippen molar-refractivity contribution in [3.05, 3.63) is 28.8 Å². The van der Waals surface area contributed by atoms with Gasteiger partial charge < -0.3 is 15.8 Å². The second-order valence-electron chi connectivity index (χ2n) is 11.2. The molecule has 5 unspecified atom stereocenters. The van der Waals surface area contributed by atoms with Crippen molar-refractivity contribution in [2.24, 2.45) is 28.9 Å². The molecule has 7 heteroatoms. The van der Waals surface area contributed by atoms with Crippen molar-refractivity contribution in [1.29, 1.82) is 0 Å². The van der Waals surface area contributed by atoms with Gasteiger partial charge >= 0.3 is 0 Å². The van der Waals surface area contributed by atoms with Gasteiger partial charge in [-0.25, -0.2) is 4.31 Å². The Balaban J connectivity index is 0.000000247. The first kappa shape index (κ1) is 30.1. The van der Waals surface area contributed by atoms with Crippen molar-refractivity contribution in [3.63, 3.8) is 0 Å². The largest absolute Gasteiger partial charge is 0.369 e. The van der Waals surface area contributed by atoms with Gasteiger partial charge in [-0.05, 0) is 101 Å². The van der Waals surface area contributed by atoms with Crippen molar-refractivity contribution >= 4 is 35.7 Å². The molecule has 1 aromatic rings. The van der Waals surface area contributed by atoms with E-state index in [1.165, 1.54) is 25.7 Å². The highest BCUT2D eigenvalue weighted by Crippen LogP contribution is 2.49. The highest BCUT2D eigenvalue weighted by molar-refractivity contribution is 7.97. The number of halogens is 1. The number of primary amides is 1. The van der Waals surface area contributed by atoms with E-state index in [2.05, 4.69) is 30.5 Å². The molecule has 198 valence electrons. The highest BCUT2D eigenvalue weighted by atomic mass is 35.5. The number of carbonyl (C=O) groups excluding carboxylic acids is 2. The van der Waals surface area contributed by atoms with Crippen LogP contribution in [0, 0.1) is 30.1 Å². The molecule has 0 aromatic heterocycles. The number of rotatable bonds is 8. The fourth-order valence-corrected chi connectivity index (χ4v) is 7.25. The van der Waals surface area contributed by atoms with E-state index < -0.39 is 5.54 Å². The maximum absolute atomic E-state index is 11.8. The number of hydrogen-bond donors (Lipinski definition) is 2. The van der Waals surface area contributed by atoms with E-state index >= 15 is 0 Å². The first-order valence-electron chi connectivity index (χ1n) is 13.1. The van der Waals surface area contributed by atoms with Gasteiger partial charge in [0.15, 0.2) is 0 Å². The predicted molar refractivity (Wildman–Crippen MR) is 149 cm³/mol. The molecule has 2 bridgehead atoms. The molecule has 1 aromatic carbocycles. The molecule has 2 saturated carbocycles. The van der Waals surface area contributed by atoms with Gasteiger partial charge in [0.1, 0.15) is 6.29 Å². The Morgan fingerprint density at radius 1 is 1.31 bits per heavy atom. The number of benzene rings is 1. The Kier molecular flexibility index (Phi) is 11.1. The average molecular weight is 524 g/mol. The van der Waals surface area contributed by atoms with Crippen molar-refractivity contribution in [2.45, 2.75) is 96.5 Å². The van der Waals surface area contributed by atoms with Gasteiger partial charge in [0.05, 0.1) is 5.54 Å². The molecule has 2 aliphatic rings. The molecule has 0 aliphatic heterocycles. The van der Waals surface area contributed by atoms with Crippen molar-refractivity contribution in [3.8, 4) is 0 Å². The second kappa shape index (κ2) is 12.9. The van der Waals surface area contributed by atoms with Crippen LogP contribution in [0.25, 0.3) is 0 Å². The molecule has 0 saturated heterocycles. The van der Waals surface area contributed by atoms with E-state index in [4.69, 9.17) is 17.3 Å². The summed E-state index contributed by atoms with van der Waals surface area (Å²) >= 11 is 7.67. The Morgan fingerprint density at radius 2 is 2.00 bits per heavy atom. The Bertz CT molecular complexity index is 865. The van der Waals surface area contributed by atoms with Crippen LogP contribution in [0.2, 0.25) is 5.02 Å². The summed E-state index contributed by atoms with van der Waals surface area (Å²) in [6.07, 6.45) is 8.05. The van der Waals surface area contributed by atoms with Crippen LogP contribution in [0.15, 0.2) is 23.1 Å². The Morgan fingerprint density at radius 3 is 2.54 bits per heavy atom. The summed E-state index contributed by atoms with van der Waals surface area (Å²) in [7, 11) is 2.07. The maximum Gasteiger partial charge on any atom is 0.223 e. The van der Waals surface area contributed by atoms with Gasteiger partial charge in [0.2, 0.25) is 5.91 Å². The number of nitrogens with one attached hydrogen (secondary N) is 1. The number of fused-ring (bicyclic) bond motifs is 2. The summed E-state index contributed by atoms with van der Waals surface area (Å²) in [4.78, 5) is 23.9. The molecule has 3 N–H and O–H groups in total. The zero-order valence-electron chi connectivity index (χ0n) is 22.7. The summed E-state index contributed by atoms with van der Waals surface area (Å²) in [5.74, 6) is 1.99. The third-order valence-electron chi connectivity index (χ3n) is 8.15.